The zero-order valence-electron chi connectivity index (χ0n) is 15.0. The van der Waals surface area contributed by atoms with Crippen LogP contribution in [0.5, 0.6) is 5.75 Å². The van der Waals surface area contributed by atoms with Gasteiger partial charge in [0.15, 0.2) is 6.73 Å². The third-order valence-corrected chi connectivity index (χ3v) is 4.51. The minimum atomic E-state index is -0.302. The molecule has 5 heteroatoms. The predicted molar refractivity (Wildman–Crippen MR) is 104 cm³/mol. The molecule has 25 heavy (non-hydrogen) atoms. The van der Waals surface area contributed by atoms with Crippen LogP contribution in [0.25, 0.3) is 0 Å². The number of carbonyl (C=O) groups is 1. The molecule has 0 unspecified atom stereocenters. The van der Waals surface area contributed by atoms with Gasteiger partial charge in [-0.3, -0.25) is 0 Å². The Morgan fingerprint density at radius 3 is 2.36 bits per heavy atom. The van der Waals surface area contributed by atoms with Crippen molar-refractivity contribution >= 4 is 23.3 Å². The molecule has 0 fully saturated rings. The molecule has 2 amide bonds. The molecule has 0 aliphatic heterocycles. The van der Waals surface area contributed by atoms with Crippen LogP contribution < -0.4 is 15.4 Å². The van der Waals surface area contributed by atoms with Crippen LogP contribution in [-0.2, 0) is 6.42 Å². The lowest BCUT2D eigenvalue weighted by molar-refractivity contribution is 0.234. The first-order chi connectivity index (χ1) is 12.0. The van der Waals surface area contributed by atoms with Crippen molar-refractivity contribution in [2.45, 2.75) is 40.0 Å². The molecule has 2 N–H and O–H groups in total. The second-order valence-electron chi connectivity index (χ2n) is 6.09. The van der Waals surface area contributed by atoms with Crippen molar-refractivity contribution in [2.75, 3.05) is 12.0 Å². The SMILES string of the molecule is CCCCc1ccc(NC(=O)NCOc2cc(C)c(Cl)c(C)c2)cc1. The number of nitrogens with one attached hydrogen (secondary N) is 2. The summed E-state index contributed by atoms with van der Waals surface area (Å²) in [4.78, 5) is 11.9. The maximum atomic E-state index is 11.9. The number of amides is 2. The van der Waals surface area contributed by atoms with Crippen molar-refractivity contribution < 1.29 is 9.53 Å². The predicted octanol–water partition coefficient (Wildman–Crippen LogP) is 5.46. The van der Waals surface area contributed by atoms with Crippen LogP contribution in [0.4, 0.5) is 10.5 Å². The van der Waals surface area contributed by atoms with Crippen LogP contribution in [0.3, 0.4) is 0 Å². The van der Waals surface area contributed by atoms with Gasteiger partial charge in [-0.1, -0.05) is 37.1 Å². The maximum absolute atomic E-state index is 11.9. The molecule has 2 aromatic rings. The summed E-state index contributed by atoms with van der Waals surface area (Å²) in [6.45, 7) is 6.11. The first-order valence-corrected chi connectivity index (χ1v) is 8.90. The molecule has 4 nitrogen and oxygen atoms in total. The summed E-state index contributed by atoms with van der Waals surface area (Å²) >= 11 is 6.13. The quantitative estimate of drug-likeness (QED) is 0.644. The van der Waals surface area contributed by atoms with Crippen molar-refractivity contribution in [3.8, 4) is 5.75 Å². The van der Waals surface area contributed by atoms with E-state index >= 15 is 0 Å². The van der Waals surface area contributed by atoms with E-state index in [0.717, 1.165) is 28.3 Å². The van der Waals surface area contributed by atoms with Crippen molar-refractivity contribution in [2.24, 2.45) is 0 Å². The molecule has 2 rings (SSSR count). The number of halogens is 1. The monoisotopic (exact) mass is 360 g/mol. The molecule has 0 saturated heterocycles. The lowest BCUT2D eigenvalue weighted by Gasteiger charge is -2.12. The Morgan fingerprint density at radius 2 is 1.76 bits per heavy atom. The van der Waals surface area contributed by atoms with Gasteiger partial charge in [-0.15, -0.1) is 0 Å². The number of aryl methyl sites for hydroxylation is 3. The van der Waals surface area contributed by atoms with Crippen LogP contribution in [0.2, 0.25) is 5.02 Å². The fourth-order valence-electron chi connectivity index (χ4n) is 2.49. The summed E-state index contributed by atoms with van der Waals surface area (Å²) in [6, 6.07) is 11.3. The molecule has 2 aromatic carbocycles. The number of carbonyl (C=O) groups excluding carboxylic acids is 1. The van der Waals surface area contributed by atoms with Gasteiger partial charge >= 0.3 is 6.03 Å². The molecule has 0 spiro atoms. The summed E-state index contributed by atoms with van der Waals surface area (Å²) < 4.78 is 5.56. The van der Waals surface area contributed by atoms with E-state index in [1.54, 1.807) is 0 Å². The van der Waals surface area contributed by atoms with Gasteiger partial charge in [0.1, 0.15) is 5.75 Å². The van der Waals surface area contributed by atoms with Crippen molar-refractivity contribution in [1.82, 2.24) is 5.32 Å². The van der Waals surface area contributed by atoms with Gasteiger partial charge in [-0.05, 0) is 67.6 Å². The van der Waals surface area contributed by atoms with E-state index < -0.39 is 0 Å². The summed E-state index contributed by atoms with van der Waals surface area (Å²) in [5, 5.41) is 6.21. The fraction of sp³-hybridized carbons (Fsp3) is 0.350. The molecule has 0 aromatic heterocycles. The van der Waals surface area contributed by atoms with Crippen LogP contribution >= 0.6 is 11.6 Å². The number of benzene rings is 2. The Morgan fingerprint density at radius 1 is 1.12 bits per heavy atom. The van der Waals surface area contributed by atoms with Crippen LogP contribution in [0.1, 0.15) is 36.5 Å². The third kappa shape index (κ3) is 5.98. The average molecular weight is 361 g/mol. The molecular weight excluding hydrogens is 336 g/mol. The van der Waals surface area contributed by atoms with E-state index in [4.69, 9.17) is 16.3 Å². The first-order valence-electron chi connectivity index (χ1n) is 8.53. The molecule has 0 radical (unpaired) electrons. The summed E-state index contributed by atoms with van der Waals surface area (Å²) in [5.41, 5.74) is 3.94. The maximum Gasteiger partial charge on any atom is 0.321 e. The van der Waals surface area contributed by atoms with E-state index in [-0.39, 0.29) is 12.8 Å². The Balaban J connectivity index is 1.79. The van der Waals surface area contributed by atoms with E-state index in [1.165, 1.54) is 18.4 Å². The molecular formula is C20H25ClN2O2. The first kappa shape index (κ1) is 19.1. The smallest absolute Gasteiger partial charge is 0.321 e. The highest BCUT2D eigenvalue weighted by molar-refractivity contribution is 6.32. The van der Waals surface area contributed by atoms with E-state index in [9.17, 15) is 4.79 Å². The van der Waals surface area contributed by atoms with Gasteiger partial charge in [-0.25, -0.2) is 4.79 Å². The van der Waals surface area contributed by atoms with Gasteiger partial charge < -0.3 is 15.4 Å². The zero-order valence-corrected chi connectivity index (χ0v) is 15.7. The Bertz CT molecular complexity index is 691. The number of ether oxygens (including phenoxy) is 1. The second kappa shape index (κ2) is 9.33. The number of hydrogen-bond donors (Lipinski definition) is 2. The molecule has 0 saturated carbocycles. The second-order valence-corrected chi connectivity index (χ2v) is 6.47. The fourth-order valence-corrected chi connectivity index (χ4v) is 2.59. The minimum absolute atomic E-state index is 0.0843. The average Bonchev–Trinajstić information content (AvgIpc) is 2.59. The van der Waals surface area contributed by atoms with Gasteiger partial charge in [0.2, 0.25) is 0 Å². The van der Waals surface area contributed by atoms with Gasteiger partial charge in [0.25, 0.3) is 0 Å². The third-order valence-electron chi connectivity index (χ3n) is 3.91. The molecule has 0 bridgehead atoms. The largest absolute Gasteiger partial charge is 0.473 e. The standard InChI is InChI=1S/C20H25ClN2O2/c1-4-5-6-16-7-9-17(10-8-16)23-20(24)22-13-25-18-11-14(2)19(21)15(3)12-18/h7-12H,4-6,13H2,1-3H3,(H2,22,23,24). The molecule has 0 atom stereocenters. The van der Waals surface area contributed by atoms with Crippen LogP contribution in [0.15, 0.2) is 36.4 Å². The molecule has 0 aliphatic carbocycles. The highest BCUT2D eigenvalue weighted by Crippen LogP contribution is 2.25. The summed E-state index contributed by atoms with van der Waals surface area (Å²) in [6.07, 6.45) is 3.42. The van der Waals surface area contributed by atoms with E-state index in [0.29, 0.717) is 5.75 Å². The lowest BCUT2D eigenvalue weighted by atomic mass is 10.1. The number of unbranched alkanes of at least 4 members (excludes halogenated alkanes) is 1. The van der Waals surface area contributed by atoms with E-state index in [2.05, 4.69) is 17.6 Å². The Labute approximate surface area is 154 Å². The number of hydrogen-bond acceptors (Lipinski definition) is 2. The Kier molecular flexibility index (Phi) is 7.14. The summed E-state index contributed by atoms with van der Waals surface area (Å²) in [7, 11) is 0. The normalized spacial score (nSPS) is 10.4. The van der Waals surface area contributed by atoms with Gasteiger partial charge in [0, 0.05) is 10.7 Å². The zero-order chi connectivity index (χ0) is 18.2. The van der Waals surface area contributed by atoms with Crippen LogP contribution in [0, 0.1) is 13.8 Å². The van der Waals surface area contributed by atoms with Gasteiger partial charge in [-0.2, -0.15) is 0 Å². The highest BCUT2D eigenvalue weighted by atomic mass is 35.5. The van der Waals surface area contributed by atoms with Crippen molar-refractivity contribution in [3.05, 3.63) is 58.1 Å². The molecule has 0 heterocycles. The number of rotatable bonds is 7. The minimum Gasteiger partial charge on any atom is -0.473 e. The van der Waals surface area contributed by atoms with E-state index in [1.807, 2.05) is 50.2 Å². The molecule has 0 aliphatic rings. The lowest BCUT2D eigenvalue weighted by Crippen LogP contribution is -2.32. The Hall–Kier alpha value is -2.20. The van der Waals surface area contributed by atoms with Crippen LogP contribution in [-0.4, -0.2) is 12.8 Å². The van der Waals surface area contributed by atoms with Crippen molar-refractivity contribution in [3.63, 3.8) is 0 Å². The molecule has 134 valence electrons. The summed E-state index contributed by atoms with van der Waals surface area (Å²) in [5.74, 6) is 0.681. The van der Waals surface area contributed by atoms with Gasteiger partial charge in [0.05, 0.1) is 0 Å². The highest BCUT2D eigenvalue weighted by Gasteiger charge is 2.05. The van der Waals surface area contributed by atoms with Crippen molar-refractivity contribution in [1.29, 1.82) is 0 Å². The topological polar surface area (TPSA) is 50.4 Å². The number of urea groups is 1. The number of anilines is 1.